The molecule has 1 aliphatic rings. The van der Waals surface area contributed by atoms with Gasteiger partial charge in [-0.2, -0.15) is 0 Å². The van der Waals surface area contributed by atoms with Gasteiger partial charge in [-0.1, -0.05) is 0 Å². The van der Waals surface area contributed by atoms with E-state index in [2.05, 4.69) is 10.6 Å². The Morgan fingerprint density at radius 3 is 3.11 bits per heavy atom. The third-order valence-electron chi connectivity index (χ3n) is 1.53. The molecule has 1 rings (SSSR count). The molecule has 9 heavy (non-hydrogen) atoms. The summed E-state index contributed by atoms with van der Waals surface area (Å²) >= 11 is 0. The van der Waals surface area contributed by atoms with Crippen molar-refractivity contribution < 1.29 is 4.79 Å². The second-order valence-electron chi connectivity index (χ2n) is 2.16. The van der Waals surface area contributed by atoms with Crippen LogP contribution in [0.25, 0.3) is 0 Å². The molecule has 1 fully saturated rings. The highest BCUT2D eigenvalue weighted by Crippen LogP contribution is 2.09. The summed E-state index contributed by atoms with van der Waals surface area (Å²) in [7, 11) is 1.67. The molecule has 0 spiro atoms. The van der Waals surface area contributed by atoms with Crippen molar-refractivity contribution in [2.24, 2.45) is 5.92 Å². The summed E-state index contributed by atoms with van der Waals surface area (Å²) in [5.74, 6) is 0.297. The van der Waals surface area contributed by atoms with Gasteiger partial charge < -0.3 is 10.6 Å². The molecule has 1 amide bonds. The lowest BCUT2D eigenvalue weighted by Crippen LogP contribution is -2.28. The topological polar surface area (TPSA) is 41.1 Å². The van der Waals surface area contributed by atoms with E-state index in [-0.39, 0.29) is 11.8 Å². The average Bonchev–Trinajstić information content (AvgIpc) is 2.37. The molecule has 3 nitrogen and oxygen atoms in total. The molecule has 0 aromatic rings. The average molecular weight is 127 g/mol. The van der Waals surface area contributed by atoms with Gasteiger partial charge in [0.15, 0.2) is 0 Å². The molecule has 51 valence electrons. The number of nitrogens with one attached hydrogen (secondary N) is 2. The molecule has 1 unspecified atom stereocenters. The van der Waals surface area contributed by atoms with Gasteiger partial charge in [-0.15, -0.1) is 0 Å². The Morgan fingerprint density at radius 1 is 1.89 bits per heavy atom. The zero-order valence-electron chi connectivity index (χ0n) is 5.48. The van der Waals surface area contributed by atoms with Crippen molar-refractivity contribution in [2.75, 3.05) is 13.6 Å². The second kappa shape index (κ2) is 2.82. The van der Waals surface area contributed by atoms with Crippen molar-refractivity contribution in [1.82, 2.24) is 10.6 Å². The van der Waals surface area contributed by atoms with Crippen LogP contribution in [-0.4, -0.2) is 19.5 Å². The quantitative estimate of drug-likeness (QED) is 0.498. The van der Waals surface area contributed by atoms with Crippen LogP contribution in [0.15, 0.2) is 0 Å². The monoisotopic (exact) mass is 127 g/mol. The van der Waals surface area contributed by atoms with E-state index < -0.39 is 0 Å². The molecule has 1 radical (unpaired) electrons. The smallest absolute Gasteiger partial charge is 0.224 e. The maximum Gasteiger partial charge on any atom is 0.224 e. The van der Waals surface area contributed by atoms with E-state index in [1.165, 1.54) is 0 Å². The maximum atomic E-state index is 10.8. The number of rotatable bonds is 1. The van der Waals surface area contributed by atoms with Crippen molar-refractivity contribution in [3.8, 4) is 0 Å². The summed E-state index contributed by atoms with van der Waals surface area (Å²) in [5, 5.41) is 5.61. The van der Waals surface area contributed by atoms with Crippen LogP contribution in [0.2, 0.25) is 0 Å². The van der Waals surface area contributed by atoms with Gasteiger partial charge in [0, 0.05) is 20.1 Å². The molecule has 0 aliphatic carbocycles. The molecule has 2 N–H and O–H groups in total. The summed E-state index contributed by atoms with van der Waals surface area (Å²) in [4.78, 5) is 10.8. The summed E-state index contributed by atoms with van der Waals surface area (Å²) in [6.45, 7) is 2.72. The Balaban J connectivity index is 2.32. The zero-order chi connectivity index (χ0) is 6.69. The maximum absolute atomic E-state index is 10.8. The Morgan fingerprint density at radius 2 is 2.67 bits per heavy atom. The van der Waals surface area contributed by atoms with Crippen molar-refractivity contribution in [3.63, 3.8) is 0 Å². The van der Waals surface area contributed by atoms with E-state index in [0.717, 1.165) is 13.0 Å². The van der Waals surface area contributed by atoms with Gasteiger partial charge in [-0.05, 0) is 6.42 Å². The lowest BCUT2D eigenvalue weighted by Gasteiger charge is -2.03. The minimum Gasteiger partial charge on any atom is -0.359 e. The van der Waals surface area contributed by atoms with Crippen LogP contribution in [0.4, 0.5) is 0 Å². The highest BCUT2D eigenvalue weighted by Gasteiger charge is 2.20. The highest BCUT2D eigenvalue weighted by atomic mass is 16.1. The number of hydrogen-bond acceptors (Lipinski definition) is 2. The lowest BCUT2D eigenvalue weighted by molar-refractivity contribution is -0.123. The van der Waals surface area contributed by atoms with Crippen molar-refractivity contribution in [1.29, 1.82) is 0 Å². The molecular weight excluding hydrogens is 116 g/mol. The summed E-state index contributed by atoms with van der Waals surface area (Å²) in [6.07, 6.45) is 0.861. The van der Waals surface area contributed by atoms with Crippen LogP contribution >= 0.6 is 0 Å². The fourth-order valence-electron chi connectivity index (χ4n) is 0.938. The van der Waals surface area contributed by atoms with Crippen LogP contribution < -0.4 is 10.6 Å². The number of carbonyl (C=O) groups excluding carboxylic acids is 1. The standard InChI is InChI=1S/C6H11N2O/c1-7-6(9)5-2-3-8-4-5/h3,5,8H,2,4H2,1H3,(H,7,9). The van der Waals surface area contributed by atoms with Gasteiger partial charge in [0.25, 0.3) is 0 Å². The minimum absolute atomic E-state index is 0.135. The van der Waals surface area contributed by atoms with E-state index in [9.17, 15) is 4.79 Å². The van der Waals surface area contributed by atoms with Gasteiger partial charge in [0.2, 0.25) is 5.91 Å². The summed E-state index contributed by atoms with van der Waals surface area (Å²) in [6, 6.07) is 0. The molecular formula is C6H11N2O. The van der Waals surface area contributed by atoms with Crippen LogP contribution in [0.5, 0.6) is 0 Å². The fraction of sp³-hybridized carbons (Fsp3) is 0.667. The molecule has 0 aromatic heterocycles. The van der Waals surface area contributed by atoms with Crippen LogP contribution in [0.3, 0.4) is 0 Å². The summed E-state index contributed by atoms with van der Waals surface area (Å²) < 4.78 is 0. The molecule has 0 aromatic carbocycles. The highest BCUT2D eigenvalue weighted by molar-refractivity contribution is 5.79. The molecule has 3 heteroatoms. The van der Waals surface area contributed by atoms with Crippen LogP contribution in [0, 0.1) is 12.5 Å². The van der Waals surface area contributed by atoms with E-state index in [1.54, 1.807) is 7.05 Å². The fourth-order valence-corrected chi connectivity index (χ4v) is 0.938. The van der Waals surface area contributed by atoms with Gasteiger partial charge in [0.1, 0.15) is 0 Å². The van der Waals surface area contributed by atoms with Gasteiger partial charge >= 0.3 is 0 Å². The van der Waals surface area contributed by atoms with E-state index >= 15 is 0 Å². The first-order valence-electron chi connectivity index (χ1n) is 3.11. The Labute approximate surface area is 54.8 Å². The van der Waals surface area contributed by atoms with Crippen molar-refractivity contribution in [3.05, 3.63) is 6.54 Å². The Kier molecular flexibility index (Phi) is 2.05. The number of amides is 1. The molecule has 1 aliphatic heterocycles. The normalized spacial score (nSPS) is 26.1. The molecule has 0 saturated carbocycles. The zero-order valence-corrected chi connectivity index (χ0v) is 5.48. The van der Waals surface area contributed by atoms with E-state index in [1.807, 2.05) is 6.54 Å². The molecule has 1 heterocycles. The largest absolute Gasteiger partial charge is 0.359 e. The molecule has 1 atom stereocenters. The van der Waals surface area contributed by atoms with Crippen LogP contribution in [-0.2, 0) is 4.79 Å². The Hall–Kier alpha value is -0.570. The number of carbonyl (C=O) groups is 1. The third-order valence-corrected chi connectivity index (χ3v) is 1.53. The second-order valence-corrected chi connectivity index (χ2v) is 2.16. The first-order chi connectivity index (χ1) is 4.34. The molecule has 0 bridgehead atoms. The van der Waals surface area contributed by atoms with Gasteiger partial charge in [-0.25, -0.2) is 0 Å². The van der Waals surface area contributed by atoms with Gasteiger partial charge in [-0.3, -0.25) is 4.79 Å². The lowest BCUT2D eigenvalue weighted by atomic mass is 10.1. The third kappa shape index (κ3) is 1.42. The number of hydrogen-bond donors (Lipinski definition) is 2. The predicted molar refractivity (Wildman–Crippen MR) is 34.5 cm³/mol. The van der Waals surface area contributed by atoms with Gasteiger partial charge in [0.05, 0.1) is 5.92 Å². The van der Waals surface area contributed by atoms with Crippen molar-refractivity contribution in [2.45, 2.75) is 6.42 Å². The first kappa shape index (κ1) is 6.55. The SMILES string of the molecule is CNC(=O)C1C[CH]NC1. The molecule has 1 saturated heterocycles. The van der Waals surface area contributed by atoms with E-state index in [4.69, 9.17) is 0 Å². The van der Waals surface area contributed by atoms with E-state index in [0.29, 0.717) is 0 Å². The summed E-state index contributed by atoms with van der Waals surface area (Å²) in [5.41, 5.74) is 0. The van der Waals surface area contributed by atoms with Crippen LogP contribution in [0.1, 0.15) is 6.42 Å². The first-order valence-corrected chi connectivity index (χ1v) is 3.11. The van der Waals surface area contributed by atoms with Crippen molar-refractivity contribution >= 4 is 5.91 Å². The minimum atomic E-state index is 0.135. The Bertz CT molecular complexity index is 108. The predicted octanol–water partition coefficient (Wildman–Crippen LogP) is -0.496.